The van der Waals surface area contributed by atoms with Crippen molar-refractivity contribution in [3.05, 3.63) is 51.7 Å². The van der Waals surface area contributed by atoms with Crippen molar-refractivity contribution >= 4 is 44.5 Å². The standard InChI is InChI=1S/C13H8BrClFN3/c14-7-1-3-8(4-2-7)19-12-6-10(16)9(15)5-11(12)18-13(19)17/h1-6H,(H2,17,18). The van der Waals surface area contributed by atoms with Crippen LogP contribution >= 0.6 is 27.5 Å². The van der Waals surface area contributed by atoms with Gasteiger partial charge in [0.1, 0.15) is 5.82 Å². The fraction of sp³-hybridized carbons (Fsp3) is 0. The van der Waals surface area contributed by atoms with E-state index in [1.54, 1.807) is 4.57 Å². The van der Waals surface area contributed by atoms with Crippen LogP contribution in [0.5, 0.6) is 0 Å². The summed E-state index contributed by atoms with van der Waals surface area (Å²) in [6.45, 7) is 0. The van der Waals surface area contributed by atoms with Gasteiger partial charge in [0.15, 0.2) is 0 Å². The lowest BCUT2D eigenvalue weighted by Gasteiger charge is -2.06. The van der Waals surface area contributed by atoms with Crippen molar-refractivity contribution in [2.75, 3.05) is 5.73 Å². The Morgan fingerprint density at radius 1 is 1.21 bits per heavy atom. The van der Waals surface area contributed by atoms with E-state index in [2.05, 4.69) is 20.9 Å². The van der Waals surface area contributed by atoms with Gasteiger partial charge < -0.3 is 5.73 Å². The van der Waals surface area contributed by atoms with Crippen LogP contribution in [-0.4, -0.2) is 9.55 Å². The molecule has 1 aromatic heterocycles. The van der Waals surface area contributed by atoms with Gasteiger partial charge in [-0.15, -0.1) is 0 Å². The van der Waals surface area contributed by atoms with E-state index in [1.165, 1.54) is 12.1 Å². The molecule has 6 heteroatoms. The first kappa shape index (κ1) is 12.4. The van der Waals surface area contributed by atoms with E-state index in [1.807, 2.05) is 24.3 Å². The molecule has 0 atom stereocenters. The van der Waals surface area contributed by atoms with Crippen LogP contribution in [0.25, 0.3) is 16.7 Å². The number of aromatic nitrogens is 2. The third-order valence-electron chi connectivity index (χ3n) is 2.81. The summed E-state index contributed by atoms with van der Waals surface area (Å²) in [6, 6.07) is 10.3. The van der Waals surface area contributed by atoms with Crippen molar-refractivity contribution in [3.8, 4) is 5.69 Å². The highest BCUT2D eigenvalue weighted by Crippen LogP contribution is 2.28. The smallest absolute Gasteiger partial charge is 0.205 e. The maximum absolute atomic E-state index is 13.6. The van der Waals surface area contributed by atoms with Gasteiger partial charge in [0, 0.05) is 16.2 Å². The Balaban J connectivity index is 2.31. The topological polar surface area (TPSA) is 43.8 Å². The fourth-order valence-corrected chi connectivity index (χ4v) is 2.38. The monoisotopic (exact) mass is 339 g/mol. The highest BCUT2D eigenvalue weighted by molar-refractivity contribution is 9.10. The van der Waals surface area contributed by atoms with Gasteiger partial charge in [-0.1, -0.05) is 27.5 Å². The third-order valence-corrected chi connectivity index (χ3v) is 3.63. The van der Waals surface area contributed by atoms with Gasteiger partial charge in [0.25, 0.3) is 0 Å². The molecular weight excluding hydrogens is 333 g/mol. The summed E-state index contributed by atoms with van der Waals surface area (Å²) >= 11 is 9.11. The van der Waals surface area contributed by atoms with Crippen LogP contribution in [0.2, 0.25) is 5.02 Å². The lowest BCUT2D eigenvalue weighted by Crippen LogP contribution is -2.00. The lowest BCUT2D eigenvalue weighted by molar-refractivity contribution is 0.629. The SMILES string of the molecule is Nc1nc2cc(Cl)c(F)cc2n1-c1ccc(Br)cc1. The van der Waals surface area contributed by atoms with E-state index in [0.717, 1.165) is 10.2 Å². The molecule has 0 unspecified atom stereocenters. The van der Waals surface area contributed by atoms with Crippen LogP contribution in [0.15, 0.2) is 40.9 Å². The largest absolute Gasteiger partial charge is 0.369 e. The van der Waals surface area contributed by atoms with E-state index < -0.39 is 5.82 Å². The Morgan fingerprint density at radius 3 is 2.58 bits per heavy atom. The number of halogens is 3. The van der Waals surface area contributed by atoms with E-state index >= 15 is 0 Å². The molecule has 3 rings (SSSR count). The van der Waals surface area contributed by atoms with E-state index in [4.69, 9.17) is 17.3 Å². The molecule has 0 fully saturated rings. The number of benzene rings is 2. The maximum Gasteiger partial charge on any atom is 0.205 e. The molecule has 0 saturated carbocycles. The lowest BCUT2D eigenvalue weighted by atomic mass is 10.2. The Hall–Kier alpha value is -1.59. The second kappa shape index (κ2) is 4.51. The molecule has 19 heavy (non-hydrogen) atoms. The van der Waals surface area contributed by atoms with Gasteiger partial charge in [0.2, 0.25) is 5.95 Å². The predicted octanol–water partition coefficient (Wildman–Crippen LogP) is 4.16. The summed E-state index contributed by atoms with van der Waals surface area (Å²) in [5, 5.41) is 0.0351. The second-order valence-corrected chi connectivity index (χ2v) is 5.36. The summed E-state index contributed by atoms with van der Waals surface area (Å²) in [6.07, 6.45) is 0. The molecule has 0 radical (unpaired) electrons. The zero-order valence-corrected chi connectivity index (χ0v) is 11.9. The minimum Gasteiger partial charge on any atom is -0.369 e. The molecule has 96 valence electrons. The van der Waals surface area contributed by atoms with Crippen molar-refractivity contribution in [2.45, 2.75) is 0 Å². The minimum absolute atomic E-state index is 0.0351. The summed E-state index contributed by atoms with van der Waals surface area (Å²) in [5.74, 6) is -0.202. The van der Waals surface area contributed by atoms with Gasteiger partial charge in [-0.05, 0) is 30.3 Å². The van der Waals surface area contributed by atoms with E-state index in [-0.39, 0.29) is 5.02 Å². The zero-order valence-electron chi connectivity index (χ0n) is 9.57. The highest BCUT2D eigenvalue weighted by atomic mass is 79.9. The number of rotatable bonds is 1. The number of hydrogen-bond acceptors (Lipinski definition) is 2. The first-order valence-corrected chi connectivity index (χ1v) is 6.62. The highest BCUT2D eigenvalue weighted by Gasteiger charge is 2.13. The number of nitrogens with zero attached hydrogens (tertiary/aromatic N) is 2. The van der Waals surface area contributed by atoms with Crippen LogP contribution < -0.4 is 5.73 Å². The minimum atomic E-state index is -0.493. The summed E-state index contributed by atoms with van der Waals surface area (Å²) in [4.78, 5) is 4.19. The maximum atomic E-state index is 13.6. The quantitative estimate of drug-likeness (QED) is 0.723. The Bertz CT molecular complexity index is 768. The van der Waals surface area contributed by atoms with E-state index in [9.17, 15) is 4.39 Å². The molecule has 3 nitrogen and oxygen atoms in total. The summed E-state index contributed by atoms with van der Waals surface area (Å²) in [7, 11) is 0. The molecule has 0 saturated heterocycles. The number of fused-ring (bicyclic) bond motifs is 1. The number of hydrogen-bond donors (Lipinski definition) is 1. The van der Waals surface area contributed by atoms with Gasteiger partial charge in [-0.3, -0.25) is 4.57 Å². The van der Waals surface area contributed by atoms with Crippen LogP contribution in [0.3, 0.4) is 0 Å². The van der Waals surface area contributed by atoms with Crippen molar-refractivity contribution in [3.63, 3.8) is 0 Å². The van der Waals surface area contributed by atoms with Gasteiger partial charge in [0.05, 0.1) is 16.1 Å². The predicted molar refractivity (Wildman–Crippen MR) is 78.2 cm³/mol. The molecule has 3 aromatic rings. The van der Waals surface area contributed by atoms with Crippen LogP contribution in [0, 0.1) is 5.82 Å². The number of imidazole rings is 1. The average Bonchev–Trinajstić information content (AvgIpc) is 2.67. The van der Waals surface area contributed by atoms with Gasteiger partial charge in [-0.2, -0.15) is 0 Å². The molecule has 0 amide bonds. The molecule has 2 N–H and O–H groups in total. The molecule has 1 heterocycles. The zero-order chi connectivity index (χ0) is 13.6. The van der Waals surface area contributed by atoms with Crippen molar-refractivity contribution in [1.29, 1.82) is 0 Å². The normalized spacial score (nSPS) is 11.1. The average molecular weight is 341 g/mol. The Morgan fingerprint density at radius 2 is 1.89 bits per heavy atom. The van der Waals surface area contributed by atoms with Gasteiger partial charge in [-0.25, -0.2) is 9.37 Å². The molecule has 0 aliphatic rings. The number of nitrogens with two attached hydrogens (primary N) is 1. The fourth-order valence-electron chi connectivity index (χ4n) is 1.95. The van der Waals surface area contributed by atoms with Crippen LogP contribution in [-0.2, 0) is 0 Å². The van der Waals surface area contributed by atoms with Crippen molar-refractivity contribution in [2.24, 2.45) is 0 Å². The van der Waals surface area contributed by atoms with Crippen LogP contribution in [0.1, 0.15) is 0 Å². The molecule has 2 aromatic carbocycles. The van der Waals surface area contributed by atoms with Crippen molar-refractivity contribution in [1.82, 2.24) is 9.55 Å². The van der Waals surface area contributed by atoms with Crippen LogP contribution in [0.4, 0.5) is 10.3 Å². The second-order valence-electron chi connectivity index (χ2n) is 4.04. The third kappa shape index (κ3) is 2.09. The number of anilines is 1. The van der Waals surface area contributed by atoms with Gasteiger partial charge >= 0.3 is 0 Å². The first-order valence-electron chi connectivity index (χ1n) is 5.45. The molecule has 0 aliphatic heterocycles. The molecule has 0 bridgehead atoms. The Labute approximate surface area is 121 Å². The molecule has 0 spiro atoms. The molecular formula is C13H8BrClFN3. The molecule has 0 aliphatic carbocycles. The first-order chi connectivity index (χ1) is 9.06. The summed E-state index contributed by atoms with van der Waals surface area (Å²) < 4.78 is 16.2. The summed E-state index contributed by atoms with van der Waals surface area (Å²) in [5.41, 5.74) is 7.86. The van der Waals surface area contributed by atoms with E-state index in [0.29, 0.717) is 17.0 Å². The van der Waals surface area contributed by atoms with Crippen molar-refractivity contribution < 1.29 is 4.39 Å². The Kier molecular flexibility index (Phi) is 2.95. The number of nitrogen functional groups attached to an aromatic ring is 1.